The monoisotopic (exact) mass is 403 g/mol. The average molecular weight is 403 g/mol. The zero-order chi connectivity index (χ0) is 19.8. The Morgan fingerprint density at radius 1 is 1.11 bits per heavy atom. The van der Waals surface area contributed by atoms with Gasteiger partial charge < -0.3 is 10.1 Å². The lowest BCUT2D eigenvalue weighted by molar-refractivity contribution is -0.387. The number of rotatable bonds is 4. The van der Waals surface area contributed by atoms with E-state index in [0.717, 1.165) is 31.5 Å². The Kier molecular flexibility index (Phi) is 4.82. The smallest absolute Gasteiger partial charge is 0.289 e. The van der Waals surface area contributed by atoms with E-state index < -0.39 is 32.3 Å². The second kappa shape index (κ2) is 7.16. The summed E-state index contributed by atoms with van der Waals surface area (Å²) in [5, 5.41) is 14.6. The van der Waals surface area contributed by atoms with Crippen molar-refractivity contribution in [1.29, 1.82) is 0 Å². The molecule has 0 bridgehead atoms. The minimum atomic E-state index is -4.10. The van der Waals surface area contributed by atoms with Crippen LogP contribution in [0.25, 0.3) is 0 Å². The Labute approximate surface area is 163 Å². The first kappa shape index (κ1) is 18.9. The summed E-state index contributed by atoms with van der Waals surface area (Å²) < 4.78 is 35.1. The van der Waals surface area contributed by atoms with E-state index in [0.29, 0.717) is 12.2 Å². The van der Waals surface area contributed by atoms with Crippen LogP contribution in [0.5, 0.6) is 5.75 Å². The van der Waals surface area contributed by atoms with E-state index in [-0.39, 0.29) is 4.90 Å². The van der Waals surface area contributed by atoms with Gasteiger partial charge in [-0.3, -0.25) is 10.1 Å². The van der Waals surface area contributed by atoms with Crippen LogP contribution in [0, 0.1) is 10.1 Å². The fraction of sp³-hybridized carbons (Fsp3) is 0.368. The highest BCUT2D eigenvalue weighted by Gasteiger charge is 2.43. The largest absolute Gasteiger partial charge is 0.487 e. The van der Waals surface area contributed by atoms with E-state index in [1.54, 1.807) is 0 Å². The molecule has 4 rings (SSSR count). The van der Waals surface area contributed by atoms with Crippen molar-refractivity contribution in [3.05, 3.63) is 64.2 Å². The minimum absolute atomic E-state index is 0.330. The normalized spacial score (nSPS) is 20.9. The first-order valence-electron chi connectivity index (χ1n) is 9.15. The summed E-state index contributed by atoms with van der Waals surface area (Å²) in [7, 11) is -4.10. The molecule has 28 heavy (non-hydrogen) atoms. The molecular weight excluding hydrogens is 382 g/mol. The maximum Gasteiger partial charge on any atom is 0.289 e. The minimum Gasteiger partial charge on any atom is -0.487 e. The summed E-state index contributed by atoms with van der Waals surface area (Å²) in [6.07, 6.45) is 2.02. The van der Waals surface area contributed by atoms with Crippen LogP contribution in [-0.2, 0) is 10.0 Å². The third kappa shape index (κ3) is 3.48. The van der Waals surface area contributed by atoms with Crippen LogP contribution in [0.3, 0.4) is 0 Å². The van der Waals surface area contributed by atoms with Crippen LogP contribution in [0.15, 0.2) is 53.4 Å². The molecule has 0 amide bonds. The highest BCUT2D eigenvalue weighted by atomic mass is 32.2. The lowest BCUT2D eigenvalue weighted by Gasteiger charge is -2.44. The molecule has 1 fully saturated rings. The number of nitrogens with one attached hydrogen (secondary N) is 2. The van der Waals surface area contributed by atoms with Crippen LogP contribution < -0.4 is 14.8 Å². The fourth-order valence-electron chi connectivity index (χ4n) is 4.00. The number of ether oxygens (including phenoxy) is 1. The van der Waals surface area contributed by atoms with Gasteiger partial charge in [-0.05, 0) is 38.1 Å². The first-order chi connectivity index (χ1) is 13.4. The number of hydrogen-bond acceptors (Lipinski definition) is 6. The predicted molar refractivity (Wildman–Crippen MR) is 103 cm³/mol. The van der Waals surface area contributed by atoms with Gasteiger partial charge in [0.25, 0.3) is 5.69 Å². The number of para-hydroxylation sites is 2. The quantitative estimate of drug-likeness (QED) is 0.599. The molecule has 0 radical (unpaired) electrons. The van der Waals surface area contributed by atoms with Gasteiger partial charge in [-0.1, -0.05) is 30.3 Å². The molecule has 1 unspecified atom stereocenters. The van der Waals surface area contributed by atoms with Gasteiger partial charge in [0.1, 0.15) is 11.4 Å². The molecule has 1 atom stereocenters. The molecule has 1 saturated heterocycles. The maximum atomic E-state index is 13.0. The number of fused-ring (bicyclic) bond motifs is 1. The van der Waals surface area contributed by atoms with Crippen LogP contribution in [-0.4, -0.2) is 32.0 Å². The molecule has 2 aliphatic rings. The molecule has 1 spiro atoms. The Hall–Kier alpha value is -2.49. The molecule has 0 aromatic heterocycles. The number of nitro groups is 1. The predicted octanol–water partition coefficient (Wildman–Crippen LogP) is 2.52. The van der Waals surface area contributed by atoms with Crippen molar-refractivity contribution in [3.8, 4) is 5.75 Å². The summed E-state index contributed by atoms with van der Waals surface area (Å²) in [6.45, 7) is 1.59. The molecule has 2 N–H and O–H groups in total. The number of piperidine rings is 1. The van der Waals surface area contributed by atoms with Crippen molar-refractivity contribution in [2.45, 2.75) is 35.8 Å². The van der Waals surface area contributed by atoms with Gasteiger partial charge in [0.2, 0.25) is 10.0 Å². The van der Waals surface area contributed by atoms with Crippen LogP contribution in [0.1, 0.15) is 30.9 Å². The molecule has 2 aliphatic heterocycles. The standard InChI is InChI=1S/C19H21N3O5S/c23-22(24)16-6-2-4-8-18(16)28(25,26)21-15-13-19(9-11-20-12-10-19)27-17-7-3-1-5-14(15)17/h1-8,15,20-21H,9-13H2. The Bertz CT molecular complexity index is 1000. The van der Waals surface area contributed by atoms with Gasteiger partial charge in [-0.25, -0.2) is 13.1 Å². The van der Waals surface area contributed by atoms with E-state index >= 15 is 0 Å². The van der Waals surface area contributed by atoms with Gasteiger partial charge in [0.15, 0.2) is 4.90 Å². The van der Waals surface area contributed by atoms with Crippen molar-refractivity contribution in [1.82, 2.24) is 10.0 Å². The number of nitro benzene ring substituents is 1. The zero-order valence-electron chi connectivity index (χ0n) is 15.1. The Morgan fingerprint density at radius 2 is 1.79 bits per heavy atom. The molecule has 2 aromatic carbocycles. The second-order valence-corrected chi connectivity index (χ2v) is 8.86. The molecule has 2 heterocycles. The lowest BCUT2D eigenvalue weighted by Crippen LogP contribution is -2.51. The topological polar surface area (TPSA) is 111 Å². The molecule has 2 aromatic rings. The van der Waals surface area contributed by atoms with Crippen LogP contribution in [0.2, 0.25) is 0 Å². The summed E-state index contributed by atoms with van der Waals surface area (Å²) in [5.41, 5.74) is -0.143. The molecular formula is C19H21N3O5S. The molecule has 8 nitrogen and oxygen atoms in total. The number of hydrogen-bond donors (Lipinski definition) is 2. The van der Waals surface area contributed by atoms with Crippen molar-refractivity contribution < 1.29 is 18.1 Å². The van der Waals surface area contributed by atoms with E-state index in [9.17, 15) is 18.5 Å². The lowest BCUT2D eigenvalue weighted by atomic mass is 9.81. The summed E-state index contributed by atoms with van der Waals surface area (Å²) in [6, 6.07) is 12.2. The van der Waals surface area contributed by atoms with Crippen molar-refractivity contribution in [2.24, 2.45) is 0 Å². The van der Waals surface area contributed by atoms with E-state index in [1.165, 1.54) is 24.3 Å². The van der Waals surface area contributed by atoms with E-state index in [1.807, 2.05) is 24.3 Å². The summed E-state index contributed by atoms with van der Waals surface area (Å²) in [5.74, 6) is 0.658. The van der Waals surface area contributed by atoms with Crippen molar-refractivity contribution in [3.63, 3.8) is 0 Å². The summed E-state index contributed by atoms with van der Waals surface area (Å²) in [4.78, 5) is 10.3. The van der Waals surface area contributed by atoms with Gasteiger partial charge >= 0.3 is 0 Å². The van der Waals surface area contributed by atoms with E-state index in [4.69, 9.17) is 4.74 Å². The van der Waals surface area contributed by atoms with Crippen LogP contribution >= 0.6 is 0 Å². The first-order valence-corrected chi connectivity index (χ1v) is 10.6. The Morgan fingerprint density at radius 3 is 2.54 bits per heavy atom. The third-order valence-corrected chi connectivity index (χ3v) is 6.88. The number of nitrogens with zero attached hydrogens (tertiary/aromatic N) is 1. The molecule has 9 heteroatoms. The second-order valence-electron chi connectivity index (χ2n) is 7.18. The van der Waals surface area contributed by atoms with E-state index in [2.05, 4.69) is 10.0 Å². The SMILES string of the molecule is O=[N+]([O-])c1ccccc1S(=O)(=O)NC1CC2(CCNCC2)Oc2ccccc21. The van der Waals surface area contributed by atoms with Crippen LogP contribution in [0.4, 0.5) is 5.69 Å². The fourth-order valence-corrected chi connectivity index (χ4v) is 5.39. The van der Waals surface area contributed by atoms with Crippen molar-refractivity contribution in [2.75, 3.05) is 13.1 Å². The van der Waals surface area contributed by atoms with Gasteiger partial charge in [-0.15, -0.1) is 0 Å². The zero-order valence-corrected chi connectivity index (χ0v) is 15.9. The van der Waals surface area contributed by atoms with Gasteiger partial charge in [0.05, 0.1) is 11.0 Å². The van der Waals surface area contributed by atoms with Gasteiger partial charge in [0, 0.05) is 18.1 Å². The highest BCUT2D eigenvalue weighted by molar-refractivity contribution is 7.89. The average Bonchev–Trinajstić information content (AvgIpc) is 2.68. The highest BCUT2D eigenvalue weighted by Crippen LogP contribution is 2.44. The number of sulfonamides is 1. The van der Waals surface area contributed by atoms with Gasteiger partial charge in [-0.2, -0.15) is 0 Å². The molecule has 0 saturated carbocycles. The number of benzene rings is 2. The maximum absolute atomic E-state index is 13.0. The summed E-state index contributed by atoms with van der Waals surface area (Å²) >= 11 is 0. The van der Waals surface area contributed by atoms with Crippen molar-refractivity contribution >= 4 is 15.7 Å². The third-order valence-electron chi connectivity index (χ3n) is 5.36. The molecule has 148 valence electrons. The molecule has 0 aliphatic carbocycles. The Balaban J connectivity index is 1.71.